The zero-order valence-corrected chi connectivity index (χ0v) is 29.3. The Hall–Kier alpha value is -0.740. The summed E-state index contributed by atoms with van der Waals surface area (Å²) in [7, 11) is 0. The highest BCUT2D eigenvalue weighted by Gasteiger charge is 2.36. The predicted octanol–water partition coefficient (Wildman–Crippen LogP) is 11.8. The number of carbonyl (C=O) groups excluding carboxylic acids is 2. The van der Waals surface area contributed by atoms with E-state index in [-0.39, 0.29) is 24.4 Å². The van der Waals surface area contributed by atoms with Gasteiger partial charge in [0, 0.05) is 19.3 Å². The van der Waals surface area contributed by atoms with Crippen LogP contribution in [0.25, 0.3) is 0 Å². The summed E-state index contributed by atoms with van der Waals surface area (Å²) in [6.45, 7) is 3.88. The van der Waals surface area contributed by atoms with Gasteiger partial charge in [0.2, 0.25) is 0 Å². The van der Waals surface area contributed by atoms with Gasteiger partial charge in [0.15, 0.2) is 11.4 Å². The van der Waals surface area contributed by atoms with E-state index < -0.39 is 12.2 Å². The van der Waals surface area contributed by atoms with Crippen LogP contribution in [-0.2, 0) is 9.59 Å². The van der Waals surface area contributed by atoms with Crippen molar-refractivity contribution in [2.24, 2.45) is 0 Å². The van der Waals surface area contributed by atoms with E-state index in [1.54, 1.807) is 0 Å². The van der Waals surface area contributed by atoms with Crippen LogP contribution in [0.2, 0.25) is 0 Å². The second kappa shape index (κ2) is 32.6. The maximum Gasteiger partial charge on any atom is 0.167 e. The van der Waals surface area contributed by atoms with Crippen LogP contribution in [0.4, 0.5) is 0 Å². The third-order valence-corrected chi connectivity index (χ3v) is 9.34. The van der Waals surface area contributed by atoms with Gasteiger partial charge in [0.25, 0.3) is 0 Å². The summed E-state index contributed by atoms with van der Waals surface area (Å²) in [6, 6.07) is 0. The van der Waals surface area contributed by atoms with E-state index in [9.17, 15) is 19.8 Å². The van der Waals surface area contributed by atoms with Gasteiger partial charge in [-0.2, -0.15) is 0 Å². The molecule has 2 N–H and O–H groups in total. The molecule has 1 atom stereocenters. The number of hydrogen-bond donors (Lipinski definition) is 2. The van der Waals surface area contributed by atoms with E-state index in [0.29, 0.717) is 6.42 Å². The van der Waals surface area contributed by atoms with Crippen molar-refractivity contribution < 1.29 is 19.8 Å². The van der Waals surface area contributed by atoms with Crippen LogP contribution in [0.1, 0.15) is 226 Å². The van der Waals surface area contributed by atoms with Crippen molar-refractivity contribution in [2.45, 2.75) is 231 Å². The Balaban J connectivity index is 3.65. The van der Waals surface area contributed by atoms with Crippen LogP contribution in [-0.4, -0.2) is 34.0 Å². The Morgan fingerprint density at radius 3 is 0.953 bits per heavy atom. The minimum Gasteiger partial charge on any atom is -0.393 e. The van der Waals surface area contributed by atoms with E-state index in [2.05, 4.69) is 13.8 Å². The van der Waals surface area contributed by atoms with Gasteiger partial charge < -0.3 is 10.2 Å². The first-order chi connectivity index (χ1) is 21.0. The first kappa shape index (κ1) is 42.3. The van der Waals surface area contributed by atoms with Gasteiger partial charge >= 0.3 is 0 Å². The molecule has 0 amide bonds. The van der Waals surface area contributed by atoms with E-state index in [1.807, 2.05) is 0 Å². The minimum atomic E-state index is -1.89. The highest BCUT2D eigenvalue weighted by molar-refractivity contribution is 5.93. The molecule has 0 bridgehead atoms. The molecule has 4 nitrogen and oxygen atoms in total. The maximum absolute atomic E-state index is 12.6. The summed E-state index contributed by atoms with van der Waals surface area (Å²) < 4.78 is 0. The Morgan fingerprint density at radius 1 is 0.419 bits per heavy atom. The topological polar surface area (TPSA) is 74.6 Å². The van der Waals surface area contributed by atoms with E-state index in [1.165, 1.54) is 154 Å². The number of hydrogen-bond acceptors (Lipinski definition) is 4. The van der Waals surface area contributed by atoms with Crippen molar-refractivity contribution in [2.75, 3.05) is 6.61 Å². The third-order valence-electron chi connectivity index (χ3n) is 9.34. The molecule has 0 aromatic carbocycles. The summed E-state index contributed by atoms with van der Waals surface area (Å²) in [5.41, 5.74) is -1.89. The lowest BCUT2D eigenvalue weighted by atomic mass is 9.88. The van der Waals surface area contributed by atoms with Crippen molar-refractivity contribution in [1.29, 1.82) is 0 Å². The van der Waals surface area contributed by atoms with Crippen molar-refractivity contribution in [1.82, 2.24) is 0 Å². The number of aliphatic hydroxyl groups excluding tert-OH is 1. The second-order valence-electron chi connectivity index (χ2n) is 13.7. The molecular formula is C39H76O4. The number of aliphatic hydroxyl groups is 2. The van der Waals surface area contributed by atoms with Crippen molar-refractivity contribution in [3.8, 4) is 0 Å². The van der Waals surface area contributed by atoms with Crippen LogP contribution < -0.4 is 0 Å². The number of carbonyl (C=O) groups is 2. The summed E-state index contributed by atoms with van der Waals surface area (Å²) in [5, 5.41) is 20.4. The Labute approximate surface area is 269 Å². The Kier molecular flexibility index (Phi) is 32.1. The summed E-state index contributed by atoms with van der Waals surface area (Å²) in [4.78, 5) is 25.1. The molecule has 0 radical (unpaired) electrons. The number of rotatable bonds is 36. The second-order valence-corrected chi connectivity index (χ2v) is 13.7. The van der Waals surface area contributed by atoms with Gasteiger partial charge in [-0.1, -0.05) is 194 Å². The molecule has 1 unspecified atom stereocenters. The van der Waals surface area contributed by atoms with Gasteiger partial charge in [-0.3, -0.25) is 9.59 Å². The lowest BCUT2D eigenvalue weighted by Gasteiger charge is -2.23. The minimum absolute atomic E-state index is 0.101. The molecule has 0 aliphatic carbocycles. The SMILES string of the molecule is CCCCCCCCCCCCCCCCCC(=O)CC(O)(CO)C(=O)CCCCCCCCCCCCCCCCC. The molecule has 256 valence electrons. The van der Waals surface area contributed by atoms with Gasteiger partial charge in [-0.15, -0.1) is 0 Å². The number of unbranched alkanes of at least 4 members (excludes halogenated alkanes) is 28. The smallest absolute Gasteiger partial charge is 0.167 e. The molecule has 0 saturated carbocycles. The van der Waals surface area contributed by atoms with Crippen molar-refractivity contribution in [3.05, 3.63) is 0 Å². The standard InChI is InChI=1S/C39H76O4/c1-3-5-7-9-11-13-15-17-19-21-23-25-27-29-31-33-37(41)35-39(43,36-40)38(42)34-32-30-28-26-24-22-20-18-16-14-12-10-8-6-4-2/h40,43H,3-36H2,1-2H3. The fraction of sp³-hybridized carbons (Fsp3) is 0.949. The number of ketones is 2. The van der Waals surface area contributed by atoms with Gasteiger partial charge in [0.1, 0.15) is 5.78 Å². The summed E-state index contributed by atoms with van der Waals surface area (Å²) >= 11 is 0. The first-order valence-corrected chi connectivity index (χ1v) is 19.4. The van der Waals surface area contributed by atoms with E-state index in [0.717, 1.165) is 38.5 Å². The Morgan fingerprint density at radius 2 is 0.674 bits per heavy atom. The monoisotopic (exact) mass is 609 g/mol. The molecule has 0 aliphatic heterocycles. The van der Waals surface area contributed by atoms with E-state index >= 15 is 0 Å². The fourth-order valence-corrected chi connectivity index (χ4v) is 6.24. The quantitative estimate of drug-likeness (QED) is 0.0694. The molecular weight excluding hydrogens is 532 g/mol. The molecule has 0 aromatic rings. The molecule has 0 fully saturated rings. The molecule has 4 heteroatoms. The Bertz CT molecular complexity index is 604. The van der Waals surface area contributed by atoms with Crippen LogP contribution in [0.5, 0.6) is 0 Å². The van der Waals surface area contributed by atoms with Gasteiger partial charge in [0.05, 0.1) is 6.61 Å². The third kappa shape index (κ3) is 28.5. The van der Waals surface area contributed by atoms with E-state index in [4.69, 9.17) is 0 Å². The lowest BCUT2D eigenvalue weighted by molar-refractivity contribution is -0.147. The molecule has 0 saturated heterocycles. The maximum atomic E-state index is 12.6. The zero-order valence-electron chi connectivity index (χ0n) is 29.3. The highest BCUT2D eigenvalue weighted by atomic mass is 16.3. The fourth-order valence-electron chi connectivity index (χ4n) is 6.24. The largest absolute Gasteiger partial charge is 0.393 e. The lowest BCUT2D eigenvalue weighted by Crippen LogP contribution is -2.44. The molecule has 0 aromatic heterocycles. The molecule has 43 heavy (non-hydrogen) atoms. The van der Waals surface area contributed by atoms with Crippen molar-refractivity contribution >= 4 is 11.6 Å². The van der Waals surface area contributed by atoms with Crippen LogP contribution in [0.3, 0.4) is 0 Å². The summed E-state index contributed by atoms with van der Waals surface area (Å²) in [5.74, 6) is -0.467. The summed E-state index contributed by atoms with van der Waals surface area (Å²) in [6.07, 6.45) is 38.6. The molecule has 0 aliphatic rings. The van der Waals surface area contributed by atoms with Gasteiger partial charge in [-0.05, 0) is 12.8 Å². The highest BCUT2D eigenvalue weighted by Crippen LogP contribution is 2.20. The average Bonchev–Trinajstić information content (AvgIpc) is 3.00. The van der Waals surface area contributed by atoms with Crippen molar-refractivity contribution in [3.63, 3.8) is 0 Å². The van der Waals surface area contributed by atoms with Crippen LogP contribution in [0, 0.1) is 0 Å². The molecule has 0 spiro atoms. The van der Waals surface area contributed by atoms with Crippen LogP contribution in [0.15, 0.2) is 0 Å². The average molecular weight is 609 g/mol. The predicted molar refractivity (Wildman–Crippen MR) is 186 cm³/mol. The zero-order chi connectivity index (χ0) is 31.7. The van der Waals surface area contributed by atoms with Gasteiger partial charge in [-0.25, -0.2) is 0 Å². The molecule has 0 rings (SSSR count). The first-order valence-electron chi connectivity index (χ1n) is 19.4. The normalized spacial score (nSPS) is 12.9. The number of Topliss-reactive ketones (excluding diaryl/α,β-unsaturated/α-hetero) is 2. The van der Waals surface area contributed by atoms with Crippen LogP contribution >= 0.6 is 0 Å². The molecule has 0 heterocycles.